The number of nitrogens with zero attached hydrogens (tertiary/aromatic N) is 2. The van der Waals surface area contributed by atoms with Crippen molar-refractivity contribution in [3.63, 3.8) is 0 Å². The van der Waals surface area contributed by atoms with Gasteiger partial charge in [0, 0.05) is 19.1 Å². The summed E-state index contributed by atoms with van der Waals surface area (Å²) in [7, 11) is -3.48. The number of piperidine rings is 1. The summed E-state index contributed by atoms with van der Waals surface area (Å²) in [4.78, 5) is 0. The lowest BCUT2D eigenvalue weighted by Gasteiger charge is -2.34. The second-order valence-electron chi connectivity index (χ2n) is 3.81. The minimum atomic E-state index is -3.48. The van der Waals surface area contributed by atoms with Gasteiger partial charge in [-0.15, -0.1) is 0 Å². The van der Waals surface area contributed by atoms with Crippen LogP contribution in [0.4, 0.5) is 0 Å². The van der Waals surface area contributed by atoms with E-state index < -0.39 is 15.3 Å². The van der Waals surface area contributed by atoms with E-state index >= 15 is 0 Å². The van der Waals surface area contributed by atoms with E-state index in [1.165, 1.54) is 11.2 Å². The van der Waals surface area contributed by atoms with Crippen molar-refractivity contribution in [3.8, 4) is 6.07 Å². The van der Waals surface area contributed by atoms with Crippen LogP contribution in [0.1, 0.15) is 26.2 Å². The molecule has 0 aromatic heterocycles. The zero-order valence-corrected chi connectivity index (χ0v) is 9.70. The molecule has 0 saturated carbocycles. The number of rotatable bonds is 3. The molecule has 1 heterocycles. The number of nitriles is 1. The second kappa shape index (κ2) is 4.92. The number of sulfonamides is 1. The van der Waals surface area contributed by atoms with E-state index in [4.69, 9.17) is 11.0 Å². The smallest absolute Gasteiger partial charge is 0.230 e. The van der Waals surface area contributed by atoms with Gasteiger partial charge in [0.15, 0.2) is 5.25 Å². The Bertz CT molecular complexity index is 347. The predicted octanol–water partition coefficient (Wildman–Crippen LogP) is 0.0415. The lowest BCUT2D eigenvalue weighted by molar-refractivity contribution is 0.256. The highest BCUT2D eigenvalue weighted by Crippen LogP contribution is 2.21. The highest BCUT2D eigenvalue weighted by molar-refractivity contribution is 7.90. The molecule has 2 N–H and O–H groups in total. The van der Waals surface area contributed by atoms with Crippen LogP contribution in [0.3, 0.4) is 0 Å². The minimum absolute atomic E-state index is 0.125. The van der Waals surface area contributed by atoms with E-state index in [0.717, 1.165) is 19.3 Å². The van der Waals surface area contributed by atoms with Crippen molar-refractivity contribution < 1.29 is 8.42 Å². The molecule has 0 aromatic carbocycles. The molecule has 1 fully saturated rings. The van der Waals surface area contributed by atoms with E-state index in [1.54, 1.807) is 6.07 Å². The summed E-state index contributed by atoms with van der Waals surface area (Å²) >= 11 is 0. The Balaban J connectivity index is 2.90. The molecular weight excluding hydrogens is 214 g/mol. The van der Waals surface area contributed by atoms with Crippen LogP contribution in [-0.2, 0) is 10.0 Å². The summed E-state index contributed by atoms with van der Waals surface area (Å²) in [6.45, 7) is 2.24. The minimum Gasteiger partial charge on any atom is -0.329 e. The summed E-state index contributed by atoms with van der Waals surface area (Å²) in [5.41, 5.74) is 5.54. The van der Waals surface area contributed by atoms with Crippen LogP contribution in [0.25, 0.3) is 0 Å². The molecule has 0 radical (unpaired) electrons. The van der Waals surface area contributed by atoms with Gasteiger partial charge in [-0.3, -0.25) is 0 Å². The van der Waals surface area contributed by atoms with Gasteiger partial charge in [-0.2, -0.15) is 9.57 Å². The maximum atomic E-state index is 11.9. The van der Waals surface area contributed by atoms with Crippen molar-refractivity contribution in [2.75, 3.05) is 13.1 Å². The van der Waals surface area contributed by atoms with Crippen LogP contribution in [0.15, 0.2) is 0 Å². The number of nitrogens with two attached hydrogens (primary N) is 1. The Morgan fingerprint density at radius 2 is 2.27 bits per heavy atom. The predicted molar refractivity (Wildman–Crippen MR) is 57.4 cm³/mol. The Morgan fingerprint density at radius 1 is 1.60 bits per heavy atom. The molecule has 1 aliphatic heterocycles. The monoisotopic (exact) mass is 231 g/mol. The first-order chi connectivity index (χ1) is 7.04. The fourth-order valence-electron chi connectivity index (χ4n) is 1.81. The highest BCUT2D eigenvalue weighted by Gasteiger charge is 2.35. The fraction of sp³-hybridized carbons (Fsp3) is 0.889. The van der Waals surface area contributed by atoms with Gasteiger partial charge < -0.3 is 5.73 Å². The molecule has 86 valence electrons. The Hall–Kier alpha value is -0.640. The first kappa shape index (κ1) is 12.4. The fourth-order valence-corrected chi connectivity index (χ4v) is 3.34. The maximum absolute atomic E-state index is 11.9. The lowest BCUT2D eigenvalue weighted by Crippen LogP contribution is -2.49. The molecule has 6 heteroatoms. The van der Waals surface area contributed by atoms with Gasteiger partial charge >= 0.3 is 0 Å². The summed E-state index contributed by atoms with van der Waals surface area (Å²) in [6.07, 6.45) is 2.66. The highest BCUT2D eigenvalue weighted by atomic mass is 32.2. The van der Waals surface area contributed by atoms with Crippen molar-refractivity contribution in [1.29, 1.82) is 5.26 Å². The van der Waals surface area contributed by atoms with Crippen molar-refractivity contribution in [1.82, 2.24) is 4.31 Å². The molecule has 0 aliphatic carbocycles. The zero-order chi connectivity index (χ0) is 11.5. The molecule has 0 spiro atoms. The Morgan fingerprint density at radius 3 is 2.80 bits per heavy atom. The lowest BCUT2D eigenvalue weighted by atomic mass is 10.1. The van der Waals surface area contributed by atoms with Crippen LogP contribution in [0.2, 0.25) is 0 Å². The summed E-state index contributed by atoms with van der Waals surface area (Å²) < 4.78 is 25.3. The summed E-state index contributed by atoms with van der Waals surface area (Å²) in [5, 5.41) is 7.69. The molecule has 2 atom stereocenters. The van der Waals surface area contributed by atoms with Gasteiger partial charge in [0.2, 0.25) is 10.0 Å². The van der Waals surface area contributed by atoms with E-state index in [-0.39, 0.29) is 6.04 Å². The molecule has 0 aromatic rings. The standard InChI is InChI=1S/C9H17N3O2S/c1-8(6-10)15(13,14)12-5-3-2-4-9(12)7-11/h8-9H,2-5,7,11H2,1H3. The quantitative estimate of drug-likeness (QED) is 0.743. The van der Waals surface area contributed by atoms with Crippen LogP contribution in [0.5, 0.6) is 0 Å². The summed E-state index contributed by atoms with van der Waals surface area (Å²) in [6, 6.07) is 1.65. The van der Waals surface area contributed by atoms with Crippen molar-refractivity contribution in [2.24, 2.45) is 5.73 Å². The second-order valence-corrected chi connectivity index (χ2v) is 6.02. The van der Waals surface area contributed by atoms with Crippen LogP contribution in [-0.4, -0.2) is 37.1 Å². The van der Waals surface area contributed by atoms with E-state index in [9.17, 15) is 8.42 Å². The van der Waals surface area contributed by atoms with Crippen molar-refractivity contribution in [2.45, 2.75) is 37.5 Å². The van der Waals surface area contributed by atoms with Gasteiger partial charge in [-0.1, -0.05) is 6.42 Å². The Labute approximate surface area is 90.9 Å². The third kappa shape index (κ3) is 2.48. The third-order valence-electron chi connectivity index (χ3n) is 2.80. The maximum Gasteiger partial charge on any atom is 0.230 e. The van der Waals surface area contributed by atoms with Gasteiger partial charge in [0.1, 0.15) is 0 Å². The largest absolute Gasteiger partial charge is 0.329 e. The van der Waals surface area contributed by atoms with Gasteiger partial charge in [-0.05, 0) is 19.8 Å². The van der Waals surface area contributed by atoms with Gasteiger partial charge in [-0.25, -0.2) is 8.42 Å². The van der Waals surface area contributed by atoms with E-state index in [0.29, 0.717) is 13.1 Å². The number of hydrogen-bond donors (Lipinski definition) is 1. The molecule has 1 aliphatic rings. The molecule has 2 unspecified atom stereocenters. The van der Waals surface area contributed by atoms with Gasteiger partial charge in [0.25, 0.3) is 0 Å². The van der Waals surface area contributed by atoms with E-state index in [2.05, 4.69) is 0 Å². The molecule has 0 bridgehead atoms. The molecular formula is C9H17N3O2S. The molecule has 5 nitrogen and oxygen atoms in total. The number of hydrogen-bond acceptors (Lipinski definition) is 4. The molecule has 1 rings (SSSR count). The molecule has 15 heavy (non-hydrogen) atoms. The summed E-state index contributed by atoms with van der Waals surface area (Å²) in [5.74, 6) is 0. The normalized spacial score (nSPS) is 25.8. The zero-order valence-electron chi connectivity index (χ0n) is 8.89. The molecule has 1 saturated heterocycles. The Kier molecular flexibility index (Phi) is 4.08. The first-order valence-electron chi connectivity index (χ1n) is 5.14. The first-order valence-corrected chi connectivity index (χ1v) is 6.64. The van der Waals surface area contributed by atoms with Crippen molar-refractivity contribution in [3.05, 3.63) is 0 Å². The van der Waals surface area contributed by atoms with Crippen LogP contribution in [0, 0.1) is 11.3 Å². The molecule has 0 amide bonds. The SMILES string of the molecule is CC(C#N)S(=O)(=O)N1CCCCC1CN. The van der Waals surface area contributed by atoms with Gasteiger partial charge in [0.05, 0.1) is 6.07 Å². The van der Waals surface area contributed by atoms with E-state index in [1.807, 2.05) is 0 Å². The van der Waals surface area contributed by atoms with Crippen LogP contribution < -0.4 is 5.73 Å². The van der Waals surface area contributed by atoms with Crippen LogP contribution >= 0.6 is 0 Å². The topological polar surface area (TPSA) is 87.2 Å². The average Bonchev–Trinajstić information content (AvgIpc) is 2.27. The average molecular weight is 231 g/mol. The third-order valence-corrected chi connectivity index (χ3v) is 4.93. The van der Waals surface area contributed by atoms with Crippen molar-refractivity contribution >= 4 is 10.0 Å².